The molecule has 4 aliphatic carbocycles. The summed E-state index contributed by atoms with van der Waals surface area (Å²) in [4.78, 5) is 9.77. The molecule has 2 aliphatic heterocycles. The molecular weight excluding hydrogens is 611 g/mol. The molecule has 258 valence electrons. The number of pyridine rings is 1. The van der Waals surface area contributed by atoms with Crippen LogP contribution in [-0.2, 0) is 13.1 Å². The predicted octanol–water partition coefficient (Wildman–Crippen LogP) is 7.98. The lowest BCUT2D eigenvalue weighted by molar-refractivity contribution is 0.219. The van der Waals surface area contributed by atoms with Crippen LogP contribution in [-0.4, -0.2) is 54.7 Å². The van der Waals surface area contributed by atoms with E-state index in [2.05, 4.69) is 117 Å². The van der Waals surface area contributed by atoms with Crippen molar-refractivity contribution >= 4 is 5.69 Å². The van der Waals surface area contributed by atoms with Crippen LogP contribution in [0.3, 0.4) is 0 Å². The van der Waals surface area contributed by atoms with Gasteiger partial charge in [0.05, 0.1) is 0 Å². The summed E-state index contributed by atoms with van der Waals surface area (Å²) in [6, 6.07) is 33.7. The van der Waals surface area contributed by atoms with Crippen LogP contribution < -0.4 is 15.5 Å². The number of para-hydroxylation sites is 1. The number of rotatable bonds is 13. The Morgan fingerprint density at radius 1 is 0.680 bits per heavy atom. The quantitative estimate of drug-likeness (QED) is 0.152. The van der Waals surface area contributed by atoms with Crippen molar-refractivity contribution in [1.82, 2.24) is 20.5 Å². The van der Waals surface area contributed by atoms with Gasteiger partial charge < -0.3 is 15.5 Å². The Hall–Kier alpha value is -3.51. The van der Waals surface area contributed by atoms with Gasteiger partial charge in [-0.3, -0.25) is 9.88 Å². The van der Waals surface area contributed by atoms with Crippen molar-refractivity contribution in [3.8, 4) is 0 Å². The molecule has 4 unspecified atom stereocenters. The third kappa shape index (κ3) is 6.42. The molecule has 0 radical (unpaired) electrons. The fourth-order valence-corrected chi connectivity index (χ4v) is 9.74. The molecule has 50 heavy (non-hydrogen) atoms. The molecule has 5 atom stereocenters. The number of anilines is 1. The van der Waals surface area contributed by atoms with E-state index in [0.717, 1.165) is 26.2 Å². The van der Waals surface area contributed by atoms with E-state index < -0.39 is 0 Å². The molecule has 3 aromatic carbocycles. The Balaban J connectivity index is 0.767. The molecule has 2 N–H and O–H groups in total. The smallest absolute Gasteiger partial charge is 0.0405 e. The topological polar surface area (TPSA) is 43.4 Å². The Bertz CT molecular complexity index is 1800. The maximum Gasteiger partial charge on any atom is 0.0405 e. The standard InChI is InChI=1S/C45H53N5/c1-2-8-32(9-3-1)39-23-41(39)48-29-45(18-19-45)31-50-21-7-13-37(38-12-4-5-14-43(38)50)33-10-6-11-34(22-33)40-24-42(40)47-28-44(16-17-44)30-49-26-35-15-20-46-25-36(35)27-49/h1-6,8-12,14-15,20,22,25,37,39-42,47-48H,7,13,16-19,21,23-24,26-31H2/t37?,39?,40?,41-,42?/m0/s1. The molecule has 5 nitrogen and oxygen atoms in total. The maximum atomic E-state index is 4.36. The van der Waals surface area contributed by atoms with Crippen LogP contribution in [0.15, 0.2) is 97.3 Å². The fraction of sp³-hybridized carbons (Fsp3) is 0.489. The summed E-state index contributed by atoms with van der Waals surface area (Å²) in [5.41, 5.74) is 11.4. The first kappa shape index (κ1) is 31.2. The van der Waals surface area contributed by atoms with Crippen LogP contribution in [0.5, 0.6) is 0 Å². The van der Waals surface area contributed by atoms with Crippen LogP contribution in [0.4, 0.5) is 5.69 Å². The van der Waals surface area contributed by atoms with Crippen molar-refractivity contribution < 1.29 is 0 Å². The molecule has 6 aliphatic rings. The molecule has 0 saturated heterocycles. The number of aromatic nitrogens is 1. The molecule has 3 heterocycles. The molecule has 4 aromatic rings. The fourth-order valence-electron chi connectivity index (χ4n) is 9.74. The van der Waals surface area contributed by atoms with Gasteiger partial charge in [-0.15, -0.1) is 0 Å². The van der Waals surface area contributed by atoms with E-state index in [9.17, 15) is 0 Å². The van der Waals surface area contributed by atoms with Crippen molar-refractivity contribution in [2.75, 3.05) is 37.6 Å². The molecule has 0 bridgehead atoms. The van der Waals surface area contributed by atoms with Crippen LogP contribution in [0.25, 0.3) is 0 Å². The first-order chi connectivity index (χ1) is 24.6. The van der Waals surface area contributed by atoms with Crippen LogP contribution in [0.2, 0.25) is 0 Å². The number of fused-ring (bicyclic) bond motifs is 2. The predicted molar refractivity (Wildman–Crippen MR) is 203 cm³/mol. The van der Waals surface area contributed by atoms with Crippen molar-refractivity contribution in [1.29, 1.82) is 0 Å². The van der Waals surface area contributed by atoms with Gasteiger partial charge in [0.1, 0.15) is 0 Å². The second kappa shape index (κ2) is 12.6. The molecule has 0 amide bonds. The first-order valence-electron chi connectivity index (χ1n) is 19.7. The van der Waals surface area contributed by atoms with Gasteiger partial charge in [-0.05, 0) is 102 Å². The van der Waals surface area contributed by atoms with Crippen molar-refractivity contribution in [3.05, 3.63) is 131 Å². The highest BCUT2D eigenvalue weighted by atomic mass is 15.2. The van der Waals surface area contributed by atoms with Gasteiger partial charge in [-0.25, -0.2) is 0 Å². The van der Waals surface area contributed by atoms with Gasteiger partial charge in [-0.2, -0.15) is 0 Å². The van der Waals surface area contributed by atoms with E-state index in [4.69, 9.17) is 0 Å². The highest BCUT2D eigenvalue weighted by Gasteiger charge is 2.48. The Kier molecular flexibility index (Phi) is 7.88. The van der Waals surface area contributed by atoms with Gasteiger partial charge >= 0.3 is 0 Å². The van der Waals surface area contributed by atoms with Crippen LogP contribution in [0, 0.1) is 10.8 Å². The van der Waals surface area contributed by atoms with E-state index in [1.165, 1.54) is 98.9 Å². The lowest BCUT2D eigenvalue weighted by atomic mass is 9.86. The van der Waals surface area contributed by atoms with Gasteiger partial charge in [0.2, 0.25) is 0 Å². The van der Waals surface area contributed by atoms with E-state index in [1.807, 2.05) is 6.20 Å². The summed E-state index contributed by atoms with van der Waals surface area (Å²) < 4.78 is 0. The number of nitrogens with one attached hydrogen (secondary N) is 2. The van der Waals surface area contributed by atoms with E-state index in [0.29, 0.717) is 40.7 Å². The second-order valence-electron chi connectivity index (χ2n) is 17.2. The number of hydrogen-bond acceptors (Lipinski definition) is 5. The average Bonchev–Trinajstić information content (AvgIpc) is 3.98. The van der Waals surface area contributed by atoms with Crippen molar-refractivity contribution in [3.63, 3.8) is 0 Å². The minimum absolute atomic E-state index is 0.431. The van der Waals surface area contributed by atoms with Gasteiger partial charge in [0.25, 0.3) is 0 Å². The third-order valence-electron chi connectivity index (χ3n) is 13.4. The summed E-state index contributed by atoms with van der Waals surface area (Å²) in [6.07, 6.45) is 14.5. The number of hydrogen-bond donors (Lipinski definition) is 2. The molecule has 1 aromatic heterocycles. The summed E-state index contributed by atoms with van der Waals surface area (Å²) >= 11 is 0. The van der Waals surface area contributed by atoms with E-state index in [1.54, 1.807) is 11.1 Å². The summed E-state index contributed by atoms with van der Waals surface area (Å²) in [5.74, 6) is 1.83. The van der Waals surface area contributed by atoms with Gasteiger partial charge in [-0.1, -0.05) is 72.8 Å². The van der Waals surface area contributed by atoms with E-state index in [-0.39, 0.29) is 0 Å². The molecule has 4 saturated carbocycles. The zero-order valence-corrected chi connectivity index (χ0v) is 29.6. The Morgan fingerprint density at radius 3 is 2.14 bits per heavy atom. The molecule has 10 rings (SSSR count). The monoisotopic (exact) mass is 663 g/mol. The third-order valence-corrected chi connectivity index (χ3v) is 13.4. The maximum absolute atomic E-state index is 4.36. The molecular formula is C45H53N5. The normalized spacial score (nSPS) is 28.4. The lowest BCUT2D eigenvalue weighted by Gasteiger charge is -2.30. The minimum Gasteiger partial charge on any atom is -0.371 e. The van der Waals surface area contributed by atoms with Crippen molar-refractivity contribution in [2.45, 2.75) is 94.3 Å². The SMILES string of the molecule is c1ccc(C2C[C@@H]2NCC2(CN3CCCC(c4cccc(C5CC5NCC5(CN6Cc7ccncc7C6)CC5)c4)c4ccccc43)CC2)cc1. The van der Waals surface area contributed by atoms with Gasteiger partial charge in [0, 0.05) is 99.1 Å². The van der Waals surface area contributed by atoms with Crippen molar-refractivity contribution in [2.24, 2.45) is 10.8 Å². The Labute approximate surface area is 298 Å². The summed E-state index contributed by atoms with van der Waals surface area (Å²) in [7, 11) is 0. The Morgan fingerprint density at radius 2 is 1.36 bits per heavy atom. The zero-order chi connectivity index (χ0) is 33.1. The number of benzene rings is 3. The minimum atomic E-state index is 0.431. The molecule has 5 heteroatoms. The highest BCUT2D eigenvalue weighted by Crippen LogP contribution is 2.51. The molecule has 0 spiro atoms. The first-order valence-corrected chi connectivity index (χ1v) is 19.7. The zero-order valence-electron chi connectivity index (χ0n) is 29.6. The lowest BCUT2D eigenvalue weighted by Crippen LogP contribution is -2.37. The molecule has 4 fully saturated rings. The second-order valence-corrected chi connectivity index (χ2v) is 17.2. The van der Waals surface area contributed by atoms with Crippen LogP contribution >= 0.6 is 0 Å². The summed E-state index contributed by atoms with van der Waals surface area (Å²) in [6.45, 7) is 8.05. The van der Waals surface area contributed by atoms with Gasteiger partial charge in [0.15, 0.2) is 0 Å². The number of nitrogens with zero attached hydrogens (tertiary/aromatic N) is 3. The van der Waals surface area contributed by atoms with E-state index >= 15 is 0 Å². The summed E-state index contributed by atoms with van der Waals surface area (Å²) in [5, 5.41) is 8.04. The highest BCUT2D eigenvalue weighted by molar-refractivity contribution is 5.59. The van der Waals surface area contributed by atoms with Crippen LogP contribution in [0.1, 0.15) is 103 Å². The largest absolute Gasteiger partial charge is 0.371 e. The average molecular weight is 664 g/mol.